The molecule has 0 aromatic heterocycles. The van der Waals surface area contributed by atoms with E-state index >= 15 is 0 Å². The Morgan fingerprint density at radius 2 is 1.74 bits per heavy atom. The molecular formula is C22H34ClN3O5. The van der Waals surface area contributed by atoms with Crippen molar-refractivity contribution >= 4 is 29.6 Å². The fourth-order valence-electron chi connectivity index (χ4n) is 3.04. The van der Waals surface area contributed by atoms with Crippen molar-refractivity contribution in [3.63, 3.8) is 0 Å². The summed E-state index contributed by atoms with van der Waals surface area (Å²) in [4.78, 5) is 39.5. The van der Waals surface area contributed by atoms with Crippen molar-refractivity contribution in [2.75, 3.05) is 26.2 Å². The summed E-state index contributed by atoms with van der Waals surface area (Å²) in [6.07, 6.45) is -0.400. The van der Waals surface area contributed by atoms with Gasteiger partial charge < -0.3 is 20.1 Å². The third-order valence-electron chi connectivity index (χ3n) is 4.62. The van der Waals surface area contributed by atoms with E-state index in [9.17, 15) is 19.5 Å². The molecule has 174 valence electrons. The van der Waals surface area contributed by atoms with E-state index < -0.39 is 23.7 Å². The number of nitrogens with zero attached hydrogens (tertiary/aromatic N) is 2. The first kappa shape index (κ1) is 26.7. The lowest BCUT2D eigenvalue weighted by molar-refractivity contribution is -0.144. The van der Waals surface area contributed by atoms with Gasteiger partial charge >= 0.3 is 12.1 Å². The van der Waals surface area contributed by atoms with E-state index in [0.29, 0.717) is 24.7 Å². The maximum Gasteiger partial charge on any atom is 0.408 e. The van der Waals surface area contributed by atoms with Crippen LogP contribution in [0.25, 0.3) is 0 Å². The third-order valence-corrected chi connectivity index (χ3v) is 4.87. The summed E-state index contributed by atoms with van der Waals surface area (Å²) in [5, 5.41) is 12.8. The minimum atomic E-state index is -0.939. The zero-order valence-electron chi connectivity index (χ0n) is 19.0. The number of ether oxygens (including phenoxy) is 1. The Morgan fingerprint density at radius 1 is 1.13 bits per heavy atom. The summed E-state index contributed by atoms with van der Waals surface area (Å²) < 4.78 is 5.13. The average molecular weight is 456 g/mol. The molecule has 1 aromatic rings. The first-order valence-electron chi connectivity index (χ1n) is 10.4. The van der Waals surface area contributed by atoms with E-state index in [2.05, 4.69) is 5.32 Å². The zero-order chi connectivity index (χ0) is 23.6. The van der Waals surface area contributed by atoms with Crippen LogP contribution in [0.1, 0.15) is 46.6 Å². The van der Waals surface area contributed by atoms with Crippen LogP contribution in [0.5, 0.6) is 0 Å². The molecule has 0 fully saturated rings. The van der Waals surface area contributed by atoms with Crippen LogP contribution in [-0.4, -0.2) is 70.7 Å². The van der Waals surface area contributed by atoms with Crippen LogP contribution in [0, 0.1) is 0 Å². The number of rotatable bonds is 11. The van der Waals surface area contributed by atoms with Crippen LogP contribution in [0.2, 0.25) is 5.02 Å². The summed E-state index contributed by atoms with van der Waals surface area (Å²) in [5.41, 5.74) is 0.308. The fraction of sp³-hybridized carbons (Fsp3) is 0.591. The van der Waals surface area contributed by atoms with Gasteiger partial charge in [0.15, 0.2) is 0 Å². The Kier molecular flexibility index (Phi) is 10.8. The fourth-order valence-corrected chi connectivity index (χ4v) is 3.17. The largest absolute Gasteiger partial charge is 0.480 e. The molecule has 2 amide bonds. The molecule has 31 heavy (non-hydrogen) atoms. The number of nitrogens with one attached hydrogen (secondary N) is 1. The summed E-state index contributed by atoms with van der Waals surface area (Å²) in [6.45, 7) is 10.4. The summed E-state index contributed by atoms with van der Waals surface area (Å²) >= 11 is 5.92. The second kappa shape index (κ2) is 12.5. The number of benzene rings is 1. The lowest BCUT2D eigenvalue weighted by atomic mass is 10.1. The molecule has 1 aromatic carbocycles. The van der Waals surface area contributed by atoms with E-state index in [1.165, 1.54) is 4.90 Å². The maximum atomic E-state index is 12.5. The number of hydrogen-bond donors (Lipinski definition) is 2. The van der Waals surface area contributed by atoms with Gasteiger partial charge in [-0.05, 0) is 58.4 Å². The highest BCUT2D eigenvalue weighted by Gasteiger charge is 2.26. The molecule has 2 N–H and O–H groups in total. The number of carbonyl (C=O) groups excluding carboxylic acids is 2. The molecule has 0 unspecified atom stereocenters. The Bertz CT molecular complexity index is 734. The van der Waals surface area contributed by atoms with Crippen molar-refractivity contribution in [3.8, 4) is 0 Å². The Hall–Kier alpha value is -2.32. The molecule has 8 nitrogen and oxygen atoms in total. The van der Waals surface area contributed by atoms with Crippen molar-refractivity contribution in [1.29, 1.82) is 0 Å². The number of likely N-dealkylation sites (N-methyl/N-ethyl adjacent to an activating group) is 2. The van der Waals surface area contributed by atoms with Crippen LogP contribution in [0.3, 0.4) is 0 Å². The summed E-state index contributed by atoms with van der Waals surface area (Å²) in [7, 11) is 0. The highest BCUT2D eigenvalue weighted by atomic mass is 35.5. The summed E-state index contributed by atoms with van der Waals surface area (Å²) in [5.74, 6) is -1.23. The topological polar surface area (TPSA) is 99.2 Å². The molecule has 0 saturated carbocycles. The van der Waals surface area contributed by atoms with Gasteiger partial charge in [0.1, 0.15) is 18.2 Å². The molecular weight excluding hydrogens is 422 g/mol. The van der Waals surface area contributed by atoms with Gasteiger partial charge in [0.25, 0.3) is 0 Å². The Morgan fingerprint density at radius 3 is 2.23 bits per heavy atom. The molecule has 0 saturated heterocycles. The number of carboxylic acid groups (broad SMARTS) is 1. The van der Waals surface area contributed by atoms with Crippen molar-refractivity contribution in [2.24, 2.45) is 0 Å². The summed E-state index contributed by atoms with van der Waals surface area (Å²) in [6, 6.07) is 6.54. The van der Waals surface area contributed by atoms with Gasteiger partial charge in [-0.3, -0.25) is 14.5 Å². The SMILES string of the molecule is CCN(CC[C@H](C(=O)O)N(CC)Cc1ccc(Cl)cc1)C(=O)CNC(=O)OC(C)(C)C. The highest BCUT2D eigenvalue weighted by molar-refractivity contribution is 6.30. The quantitative estimate of drug-likeness (QED) is 0.530. The van der Waals surface area contributed by atoms with Gasteiger partial charge in [-0.15, -0.1) is 0 Å². The highest BCUT2D eigenvalue weighted by Crippen LogP contribution is 2.15. The molecule has 0 aliphatic rings. The second-order valence-corrected chi connectivity index (χ2v) is 8.60. The Balaban J connectivity index is 2.69. The van der Waals surface area contributed by atoms with Crippen LogP contribution in [0.4, 0.5) is 4.79 Å². The van der Waals surface area contributed by atoms with E-state index in [-0.39, 0.29) is 25.4 Å². The van der Waals surface area contributed by atoms with E-state index in [4.69, 9.17) is 16.3 Å². The van der Waals surface area contributed by atoms with Crippen LogP contribution in [0.15, 0.2) is 24.3 Å². The number of amides is 2. The number of aliphatic carboxylic acids is 1. The number of hydrogen-bond acceptors (Lipinski definition) is 5. The van der Waals surface area contributed by atoms with Crippen LogP contribution < -0.4 is 5.32 Å². The number of alkyl carbamates (subject to hydrolysis) is 1. The minimum Gasteiger partial charge on any atom is -0.480 e. The molecule has 0 bridgehead atoms. The standard InChI is InChI=1S/C22H34ClN3O5/c1-6-25(19(27)14-24-21(30)31-22(3,4)5)13-12-18(20(28)29)26(7-2)15-16-8-10-17(23)11-9-16/h8-11,18H,6-7,12-15H2,1-5H3,(H,24,30)(H,28,29)/t18-/m1/s1. The van der Waals surface area contributed by atoms with E-state index in [0.717, 1.165) is 5.56 Å². The number of carbonyl (C=O) groups is 3. The normalized spacial score (nSPS) is 12.4. The molecule has 0 aliphatic heterocycles. The van der Waals surface area contributed by atoms with Crippen molar-refractivity contribution in [2.45, 2.75) is 59.2 Å². The third kappa shape index (κ3) is 10.0. The predicted octanol–water partition coefficient (Wildman–Crippen LogP) is 3.38. The monoisotopic (exact) mass is 455 g/mol. The van der Waals surface area contributed by atoms with Crippen LogP contribution in [-0.2, 0) is 20.9 Å². The predicted molar refractivity (Wildman–Crippen MR) is 120 cm³/mol. The van der Waals surface area contributed by atoms with E-state index in [1.807, 2.05) is 30.9 Å². The maximum absolute atomic E-state index is 12.5. The van der Waals surface area contributed by atoms with Crippen molar-refractivity contribution in [1.82, 2.24) is 15.1 Å². The van der Waals surface area contributed by atoms with Gasteiger partial charge in [-0.2, -0.15) is 0 Å². The zero-order valence-corrected chi connectivity index (χ0v) is 19.7. The smallest absolute Gasteiger partial charge is 0.408 e. The van der Waals surface area contributed by atoms with E-state index in [1.54, 1.807) is 32.9 Å². The molecule has 0 heterocycles. The first-order chi connectivity index (χ1) is 14.5. The van der Waals surface area contributed by atoms with Gasteiger partial charge in [0.2, 0.25) is 5.91 Å². The lowest BCUT2D eigenvalue weighted by Gasteiger charge is -2.30. The van der Waals surface area contributed by atoms with Gasteiger partial charge in [0.05, 0.1) is 0 Å². The van der Waals surface area contributed by atoms with Gasteiger partial charge in [0, 0.05) is 24.7 Å². The Labute approximate surface area is 189 Å². The van der Waals surface area contributed by atoms with Crippen molar-refractivity contribution in [3.05, 3.63) is 34.9 Å². The number of halogens is 1. The molecule has 0 radical (unpaired) electrons. The van der Waals surface area contributed by atoms with Gasteiger partial charge in [-0.1, -0.05) is 30.7 Å². The number of carboxylic acids is 1. The minimum absolute atomic E-state index is 0.206. The second-order valence-electron chi connectivity index (χ2n) is 8.16. The average Bonchev–Trinajstić information content (AvgIpc) is 2.68. The first-order valence-corrected chi connectivity index (χ1v) is 10.8. The molecule has 0 spiro atoms. The van der Waals surface area contributed by atoms with Crippen molar-refractivity contribution < 1.29 is 24.2 Å². The van der Waals surface area contributed by atoms with Gasteiger partial charge in [-0.25, -0.2) is 4.79 Å². The molecule has 0 aliphatic carbocycles. The van der Waals surface area contributed by atoms with Crippen LogP contribution >= 0.6 is 11.6 Å². The molecule has 9 heteroatoms. The molecule has 1 atom stereocenters. The molecule has 1 rings (SSSR count). The lowest BCUT2D eigenvalue weighted by Crippen LogP contribution is -2.46.